The molecule has 0 aliphatic rings. The molecule has 4 nitrogen and oxygen atoms in total. The van der Waals surface area contributed by atoms with Crippen LogP contribution in [0.5, 0.6) is 11.5 Å². The molecule has 0 amide bonds. The van der Waals surface area contributed by atoms with Crippen LogP contribution in [0.25, 0.3) is 0 Å². The average Bonchev–Trinajstić information content (AvgIpc) is 2.33. The molecule has 4 heteroatoms. The summed E-state index contributed by atoms with van der Waals surface area (Å²) in [6, 6.07) is 5.45. The zero-order chi connectivity index (χ0) is 12.5. The first-order valence-electron chi connectivity index (χ1n) is 5.88. The van der Waals surface area contributed by atoms with Gasteiger partial charge in [-0.3, -0.25) is 0 Å². The molecule has 0 bridgehead atoms. The number of oxime groups is 1. The van der Waals surface area contributed by atoms with E-state index in [0.717, 1.165) is 24.2 Å². The number of hydrogen-bond donors (Lipinski definition) is 1. The summed E-state index contributed by atoms with van der Waals surface area (Å²) in [4.78, 5) is 0. The van der Waals surface area contributed by atoms with Gasteiger partial charge in [-0.1, -0.05) is 18.5 Å². The van der Waals surface area contributed by atoms with Gasteiger partial charge in [-0.25, -0.2) is 0 Å². The predicted octanol–water partition coefficient (Wildman–Crippen LogP) is 3.07. The van der Waals surface area contributed by atoms with Crippen molar-refractivity contribution in [2.75, 3.05) is 13.2 Å². The number of unbranched alkanes of at least 4 members (excludes halogenated alkanes) is 1. The van der Waals surface area contributed by atoms with E-state index in [2.05, 4.69) is 12.1 Å². The second-order valence-electron chi connectivity index (χ2n) is 3.59. The molecule has 0 fully saturated rings. The van der Waals surface area contributed by atoms with E-state index < -0.39 is 0 Å². The fourth-order valence-corrected chi connectivity index (χ4v) is 1.39. The van der Waals surface area contributed by atoms with Gasteiger partial charge in [-0.2, -0.15) is 0 Å². The molecule has 1 N–H and O–H groups in total. The molecular weight excluding hydrogens is 218 g/mol. The Labute approximate surface area is 102 Å². The van der Waals surface area contributed by atoms with Gasteiger partial charge in [0.15, 0.2) is 11.5 Å². The minimum atomic E-state index is 0.573. The standard InChI is InChI=1S/C13H19NO3/c1-3-5-8-17-12-7-6-11(10-14-15)9-13(12)16-4-2/h6-7,9-10,15H,3-5,8H2,1-2H3. The molecule has 0 saturated carbocycles. The Morgan fingerprint density at radius 3 is 2.71 bits per heavy atom. The number of ether oxygens (including phenoxy) is 2. The Morgan fingerprint density at radius 2 is 2.06 bits per heavy atom. The molecule has 1 rings (SSSR count). The van der Waals surface area contributed by atoms with Crippen LogP contribution in [-0.4, -0.2) is 24.6 Å². The molecule has 0 atom stereocenters. The first-order chi connectivity index (χ1) is 8.31. The quantitative estimate of drug-likeness (QED) is 0.343. The van der Waals surface area contributed by atoms with Gasteiger partial charge in [0.2, 0.25) is 0 Å². The van der Waals surface area contributed by atoms with Crippen molar-refractivity contribution in [2.24, 2.45) is 5.16 Å². The number of rotatable bonds is 7. The highest BCUT2D eigenvalue weighted by molar-refractivity contribution is 5.80. The van der Waals surface area contributed by atoms with Crippen LogP contribution in [0.1, 0.15) is 32.3 Å². The molecule has 0 aliphatic heterocycles. The fourth-order valence-electron chi connectivity index (χ4n) is 1.39. The topological polar surface area (TPSA) is 51.0 Å². The van der Waals surface area contributed by atoms with Gasteiger partial charge in [0.05, 0.1) is 19.4 Å². The van der Waals surface area contributed by atoms with E-state index in [4.69, 9.17) is 14.7 Å². The number of nitrogens with zero attached hydrogens (tertiary/aromatic N) is 1. The minimum Gasteiger partial charge on any atom is -0.490 e. The van der Waals surface area contributed by atoms with Crippen molar-refractivity contribution in [3.05, 3.63) is 23.8 Å². The van der Waals surface area contributed by atoms with Gasteiger partial charge < -0.3 is 14.7 Å². The average molecular weight is 237 g/mol. The van der Waals surface area contributed by atoms with E-state index in [0.29, 0.717) is 19.0 Å². The molecule has 0 radical (unpaired) electrons. The van der Waals surface area contributed by atoms with Gasteiger partial charge in [0.25, 0.3) is 0 Å². The maximum atomic E-state index is 8.48. The molecule has 1 aromatic rings. The van der Waals surface area contributed by atoms with E-state index in [-0.39, 0.29) is 0 Å². The molecule has 0 aromatic heterocycles. The SMILES string of the molecule is CCCCOc1ccc(C=NO)cc1OCC. The van der Waals surface area contributed by atoms with E-state index in [9.17, 15) is 0 Å². The van der Waals surface area contributed by atoms with Crippen LogP contribution in [0.4, 0.5) is 0 Å². The van der Waals surface area contributed by atoms with Crippen LogP contribution in [-0.2, 0) is 0 Å². The summed E-state index contributed by atoms with van der Waals surface area (Å²) in [6.45, 7) is 5.30. The lowest BCUT2D eigenvalue weighted by Crippen LogP contribution is -2.01. The third kappa shape index (κ3) is 4.34. The smallest absolute Gasteiger partial charge is 0.161 e. The zero-order valence-electron chi connectivity index (χ0n) is 10.3. The third-order valence-corrected chi connectivity index (χ3v) is 2.23. The van der Waals surface area contributed by atoms with Crippen molar-refractivity contribution in [3.8, 4) is 11.5 Å². The van der Waals surface area contributed by atoms with Crippen molar-refractivity contribution in [3.63, 3.8) is 0 Å². The van der Waals surface area contributed by atoms with Crippen LogP contribution in [0.15, 0.2) is 23.4 Å². The highest BCUT2D eigenvalue weighted by atomic mass is 16.5. The largest absolute Gasteiger partial charge is 0.490 e. The van der Waals surface area contributed by atoms with Crippen LogP contribution in [0, 0.1) is 0 Å². The van der Waals surface area contributed by atoms with Crippen molar-refractivity contribution in [2.45, 2.75) is 26.7 Å². The van der Waals surface area contributed by atoms with E-state index >= 15 is 0 Å². The molecule has 17 heavy (non-hydrogen) atoms. The summed E-state index contributed by atoms with van der Waals surface area (Å²) in [7, 11) is 0. The lowest BCUT2D eigenvalue weighted by atomic mass is 10.2. The monoisotopic (exact) mass is 237 g/mol. The van der Waals surface area contributed by atoms with Gasteiger partial charge in [-0.05, 0) is 31.5 Å². The van der Waals surface area contributed by atoms with Gasteiger partial charge in [-0.15, -0.1) is 0 Å². The Morgan fingerprint density at radius 1 is 1.24 bits per heavy atom. The van der Waals surface area contributed by atoms with E-state index in [1.54, 1.807) is 6.07 Å². The molecule has 1 aromatic carbocycles. The Kier molecular flexibility index (Phi) is 5.93. The third-order valence-electron chi connectivity index (χ3n) is 2.23. The first-order valence-corrected chi connectivity index (χ1v) is 5.88. The highest BCUT2D eigenvalue weighted by Crippen LogP contribution is 2.28. The minimum absolute atomic E-state index is 0.573. The summed E-state index contributed by atoms with van der Waals surface area (Å²) >= 11 is 0. The van der Waals surface area contributed by atoms with Crippen molar-refractivity contribution < 1.29 is 14.7 Å². The maximum absolute atomic E-state index is 8.48. The van der Waals surface area contributed by atoms with E-state index in [1.807, 2.05) is 19.1 Å². The molecule has 0 aliphatic carbocycles. The molecule has 0 saturated heterocycles. The lowest BCUT2D eigenvalue weighted by Gasteiger charge is -2.12. The van der Waals surface area contributed by atoms with Crippen molar-refractivity contribution in [1.82, 2.24) is 0 Å². The first kappa shape index (κ1) is 13.4. The number of hydrogen-bond acceptors (Lipinski definition) is 4. The fraction of sp³-hybridized carbons (Fsp3) is 0.462. The maximum Gasteiger partial charge on any atom is 0.161 e. The van der Waals surface area contributed by atoms with Crippen LogP contribution in [0.2, 0.25) is 0 Å². The molecule has 0 unspecified atom stereocenters. The van der Waals surface area contributed by atoms with Gasteiger partial charge in [0, 0.05) is 5.56 Å². The second kappa shape index (κ2) is 7.54. The van der Waals surface area contributed by atoms with Gasteiger partial charge >= 0.3 is 0 Å². The molecule has 0 spiro atoms. The predicted molar refractivity (Wildman–Crippen MR) is 67.4 cm³/mol. The normalized spacial score (nSPS) is 10.7. The van der Waals surface area contributed by atoms with Crippen molar-refractivity contribution >= 4 is 6.21 Å². The Hall–Kier alpha value is -1.71. The van der Waals surface area contributed by atoms with Crippen molar-refractivity contribution in [1.29, 1.82) is 0 Å². The second-order valence-corrected chi connectivity index (χ2v) is 3.59. The Bertz CT molecular complexity index is 364. The zero-order valence-corrected chi connectivity index (χ0v) is 10.3. The summed E-state index contributed by atoms with van der Waals surface area (Å²) in [5.74, 6) is 1.41. The van der Waals surface area contributed by atoms with Crippen LogP contribution in [0.3, 0.4) is 0 Å². The summed E-state index contributed by atoms with van der Waals surface area (Å²) < 4.78 is 11.1. The number of benzene rings is 1. The van der Waals surface area contributed by atoms with Crippen LogP contribution < -0.4 is 9.47 Å². The highest BCUT2D eigenvalue weighted by Gasteiger charge is 2.05. The van der Waals surface area contributed by atoms with Gasteiger partial charge in [0.1, 0.15) is 0 Å². The summed E-state index contributed by atoms with van der Waals surface area (Å²) in [6.07, 6.45) is 3.48. The molecular formula is C13H19NO3. The Balaban J connectivity index is 2.79. The van der Waals surface area contributed by atoms with E-state index in [1.165, 1.54) is 6.21 Å². The lowest BCUT2D eigenvalue weighted by molar-refractivity contribution is 0.272. The van der Waals surface area contributed by atoms with Crippen LogP contribution >= 0.6 is 0 Å². The molecule has 94 valence electrons. The summed E-state index contributed by atoms with van der Waals surface area (Å²) in [5.41, 5.74) is 0.777. The summed E-state index contributed by atoms with van der Waals surface area (Å²) in [5, 5.41) is 11.5. The molecule has 0 heterocycles.